The number of benzene rings is 1. The number of hydrogen-bond donors (Lipinski definition) is 1. The van der Waals surface area contributed by atoms with Crippen molar-refractivity contribution in [1.82, 2.24) is 4.57 Å². The Labute approximate surface area is 110 Å². The smallest absolute Gasteiger partial charge is 0.419 e. The molecule has 0 saturated heterocycles. The van der Waals surface area contributed by atoms with Crippen molar-refractivity contribution in [3.05, 3.63) is 34.3 Å². The van der Waals surface area contributed by atoms with E-state index in [4.69, 9.17) is 9.52 Å². The van der Waals surface area contributed by atoms with Crippen LogP contribution in [0.4, 0.5) is 0 Å². The van der Waals surface area contributed by atoms with E-state index in [1.54, 1.807) is 13.1 Å². The van der Waals surface area contributed by atoms with E-state index >= 15 is 0 Å². The van der Waals surface area contributed by atoms with Gasteiger partial charge >= 0.3 is 11.7 Å². The minimum atomic E-state index is -0.801. The van der Waals surface area contributed by atoms with Gasteiger partial charge in [0.1, 0.15) is 0 Å². The summed E-state index contributed by atoms with van der Waals surface area (Å²) in [5.74, 6) is -1.19. The van der Waals surface area contributed by atoms with Crippen LogP contribution in [0.3, 0.4) is 0 Å². The SMILES string of the molecule is Cn1c(=O)oc2ccc(C(C)(C)CCC(=O)O)cc21. The second-order valence-electron chi connectivity index (χ2n) is 5.39. The Balaban J connectivity index is 2.42. The first kappa shape index (κ1) is 13.4. The van der Waals surface area contributed by atoms with Gasteiger partial charge in [0.05, 0.1) is 5.52 Å². The first-order valence-electron chi connectivity index (χ1n) is 6.13. The third kappa shape index (κ3) is 2.54. The second-order valence-corrected chi connectivity index (χ2v) is 5.39. The Morgan fingerprint density at radius 3 is 2.74 bits per heavy atom. The highest BCUT2D eigenvalue weighted by Crippen LogP contribution is 2.30. The molecule has 0 radical (unpaired) electrons. The van der Waals surface area contributed by atoms with E-state index in [0.29, 0.717) is 12.0 Å². The number of rotatable bonds is 4. The fraction of sp³-hybridized carbons (Fsp3) is 0.429. The van der Waals surface area contributed by atoms with Gasteiger partial charge in [0.2, 0.25) is 0 Å². The number of carbonyl (C=O) groups is 1. The predicted octanol–water partition coefficient (Wildman–Crippen LogP) is 2.27. The molecule has 1 heterocycles. The van der Waals surface area contributed by atoms with E-state index in [9.17, 15) is 9.59 Å². The molecule has 1 aromatic carbocycles. The van der Waals surface area contributed by atoms with Crippen LogP contribution in [0.1, 0.15) is 32.3 Å². The van der Waals surface area contributed by atoms with Crippen LogP contribution in [0.15, 0.2) is 27.4 Å². The van der Waals surface area contributed by atoms with Gasteiger partial charge in [-0.2, -0.15) is 0 Å². The van der Waals surface area contributed by atoms with Gasteiger partial charge in [-0.15, -0.1) is 0 Å². The summed E-state index contributed by atoms with van der Waals surface area (Å²) < 4.78 is 6.53. The summed E-state index contributed by atoms with van der Waals surface area (Å²) in [7, 11) is 1.65. The third-order valence-corrected chi connectivity index (χ3v) is 3.54. The van der Waals surface area contributed by atoms with Crippen molar-refractivity contribution in [3.63, 3.8) is 0 Å². The number of fused-ring (bicyclic) bond motifs is 1. The summed E-state index contributed by atoms with van der Waals surface area (Å²) in [4.78, 5) is 22.1. The van der Waals surface area contributed by atoms with Gasteiger partial charge in [-0.3, -0.25) is 9.36 Å². The molecule has 0 aliphatic carbocycles. The maximum atomic E-state index is 11.4. The highest BCUT2D eigenvalue weighted by Gasteiger charge is 2.22. The van der Waals surface area contributed by atoms with Crippen LogP contribution in [0.2, 0.25) is 0 Å². The zero-order chi connectivity index (χ0) is 14.2. The zero-order valence-electron chi connectivity index (χ0n) is 11.3. The van der Waals surface area contributed by atoms with E-state index in [1.807, 2.05) is 26.0 Å². The molecular formula is C14H17NO4. The van der Waals surface area contributed by atoms with Gasteiger partial charge in [0.15, 0.2) is 5.58 Å². The quantitative estimate of drug-likeness (QED) is 0.918. The molecule has 102 valence electrons. The summed E-state index contributed by atoms with van der Waals surface area (Å²) in [6, 6.07) is 5.53. The number of aryl methyl sites for hydroxylation is 1. The van der Waals surface area contributed by atoms with Crippen molar-refractivity contribution in [2.45, 2.75) is 32.1 Å². The molecule has 0 spiro atoms. The number of oxazole rings is 1. The van der Waals surface area contributed by atoms with E-state index in [-0.39, 0.29) is 11.8 Å². The normalized spacial score (nSPS) is 11.9. The average Bonchev–Trinajstić information content (AvgIpc) is 2.63. The monoisotopic (exact) mass is 263 g/mol. The molecule has 0 saturated carbocycles. The highest BCUT2D eigenvalue weighted by atomic mass is 16.4. The Morgan fingerprint density at radius 2 is 2.11 bits per heavy atom. The lowest BCUT2D eigenvalue weighted by Gasteiger charge is -2.24. The van der Waals surface area contributed by atoms with Crippen molar-refractivity contribution in [2.75, 3.05) is 0 Å². The maximum Gasteiger partial charge on any atom is 0.419 e. The average molecular weight is 263 g/mol. The molecule has 0 unspecified atom stereocenters. The van der Waals surface area contributed by atoms with Crippen LogP contribution >= 0.6 is 0 Å². The van der Waals surface area contributed by atoms with Crippen LogP contribution in [-0.2, 0) is 17.3 Å². The molecule has 0 fully saturated rings. The van der Waals surface area contributed by atoms with Crippen LogP contribution < -0.4 is 5.76 Å². The Kier molecular flexibility index (Phi) is 3.22. The number of carboxylic acid groups (broad SMARTS) is 1. The molecule has 2 aromatic rings. The zero-order valence-corrected chi connectivity index (χ0v) is 11.3. The number of aromatic nitrogens is 1. The van der Waals surface area contributed by atoms with Crippen LogP contribution in [0.5, 0.6) is 0 Å². The van der Waals surface area contributed by atoms with Crippen LogP contribution in [-0.4, -0.2) is 15.6 Å². The van der Waals surface area contributed by atoms with E-state index in [1.165, 1.54) is 4.57 Å². The lowest BCUT2D eigenvalue weighted by atomic mass is 9.80. The molecule has 0 amide bonds. The molecule has 5 heteroatoms. The van der Waals surface area contributed by atoms with E-state index in [0.717, 1.165) is 11.1 Å². The first-order valence-corrected chi connectivity index (χ1v) is 6.13. The second kappa shape index (κ2) is 4.57. The molecule has 1 aromatic heterocycles. The molecule has 0 atom stereocenters. The van der Waals surface area contributed by atoms with Gasteiger partial charge in [-0.25, -0.2) is 4.79 Å². The van der Waals surface area contributed by atoms with Gasteiger partial charge < -0.3 is 9.52 Å². The molecule has 0 aliphatic rings. The van der Waals surface area contributed by atoms with Gasteiger partial charge in [-0.1, -0.05) is 19.9 Å². The molecule has 0 bridgehead atoms. The Morgan fingerprint density at radius 1 is 1.42 bits per heavy atom. The topological polar surface area (TPSA) is 72.4 Å². The van der Waals surface area contributed by atoms with E-state index in [2.05, 4.69) is 0 Å². The summed E-state index contributed by atoms with van der Waals surface area (Å²) >= 11 is 0. The standard InChI is InChI=1S/C14H17NO4/c1-14(2,7-6-12(16)17)9-4-5-11-10(8-9)15(3)13(18)19-11/h4-5,8H,6-7H2,1-3H3,(H,16,17). The lowest BCUT2D eigenvalue weighted by Crippen LogP contribution is -2.19. The summed E-state index contributed by atoms with van der Waals surface area (Å²) in [6.07, 6.45) is 0.662. The van der Waals surface area contributed by atoms with Gasteiger partial charge in [0.25, 0.3) is 0 Å². The summed E-state index contributed by atoms with van der Waals surface area (Å²) in [5, 5.41) is 8.78. The van der Waals surface area contributed by atoms with Crippen molar-refractivity contribution in [2.24, 2.45) is 7.05 Å². The largest absolute Gasteiger partial charge is 0.481 e. The number of hydrogen-bond acceptors (Lipinski definition) is 3. The number of carboxylic acids is 1. The van der Waals surface area contributed by atoms with Crippen molar-refractivity contribution in [1.29, 1.82) is 0 Å². The van der Waals surface area contributed by atoms with Crippen molar-refractivity contribution in [3.8, 4) is 0 Å². The van der Waals surface area contributed by atoms with Crippen molar-refractivity contribution < 1.29 is 14.3 Å². The molecule has 5 nitrogen and oxygen atoms in total. The van der Waals surface area contributed by atoms with Crippen LogP contribution in [0.25, 0.3) is 11.1 Å². The molecule has 2 rings (SSSR count). The fourth-order valence-electron chi connectivity index (χ4n) is 2.11. The fourth-order valence-corrected chi connectivity index (χ4v) is 2.11. The number of nitrogens with zero attached hydrogens (tertiary/aromatic N) is 1. The Hall–Kier alpha value is -2.04. The summed E-state index contributed by atoms with van der Waals surface area (Å²) in [5.41, 5.74) is 2.01. The summed E-state index contributed by atoms with van der Waals surface area (Å²) in [6.45, 7) is 3.99. The van der Waals surface area contributed by atoms with E-state index < -0.39 is 11.7 Å². The first-order chi connectivity index (χ1) is 8.81. The van der Waals surface area contributed by atoms with Crippen LogP contribution in [0, 0.1) is 0 Å². The Bertz CT molecular complexity index is 678. The minimum Gasteiger partial charge on any atom is -0.481 e. The van der Waals surface area contributed by atoms with Gasteiger partial charge in [0, 0.05) is 13.5 Å². The minimum absolute atomic E-state index is 0.120. The molecule has 1 N–H and O–H groups in total. The maximum absolute atomic E-state index is 11.4. The molecule has 0 aliphatic heterocycles. The highest BCUT2D eigenvalue weighted by molar-refractivity contribution is 5.74. The third-order valence-electron chi connectivity index (χ3n) is 3.54. The van der Waals surface area contributed by atoms with Crippen molar-refractivity contribution >= 4 is 17.1 Å². The molecule has 19 heavy (non-hydrogen) atoms. The predicted molar refractivity (Wildman–Crippen MR) is 71.4 cm³/mol. The molecular weight excluding hydrogens is 246 g/mol. The lowest BCUT2D eigenvalue weighted by molar-refractivity contribution is -0.137. The number of aliphatic carboxylic acids is 1. The van der Waals surface area contributed by atoms with Gasteiger partial charge in [-0.05, 0) is 29.5 Å².